The average Bonchev–Trinajstić information content (AvgIpc) is 2.49. The SMILES string of the molecule is CCN(C)CCNCc1c(C)oc(C)c1C. The largest absolute Gasteiger partial charge is 0.466 e. The number of hydrogen-bond donors (Lipinski definition) is 1. The zero-order valence-corrected chi connectivity index (χ0v) is 11.2. The van der Waals surface area contributed by atoms with Crippen LogP contribution in [0.4, 0.5) is 0 Å². The Hall–Kier alpha value is -0.800. The quantitative estimate of drug-likeness (QED) is 0.751. The van der Waals surface area contributed by atoms with Crippen LogP contribution in [0.1, 0.15) is 29.6 Å². The normalized spacial score (nSPS) is 11.4. The van der Waals surface area contributed by atoms with Gasteiger partial charge in [0, 0.05) is 25.2 Å². The lowest BCUT2D eigenvalue weighted by Gasteiger charge is -2.14. The van der Waals surface area contributed by atoms with Gasteiger partial charge in [0.1, 0.15) is 11.5 Å². The van der Waals surface area contributed by atoms with Gasteiger partial charge < -0.3 is 14.6 Å². The Labute approximate surface area is 98.8 Å². The van der Waals surface area contributed by atoms with Gasteiger partial charge in [-0.15, -0.1) is 0 Å². The van der Waals surface area contributed by atoms with E-state index < -0.39 is 0 Å². The number of furan rings is 1. The van der Waals surface area contributed by atoms with E-state index in [1.54, 1.807) is 0 Å². The Balaban J connectivity index is 2.37. The van der Waals surface area contributed by atoms with Gasteiger partial charge >= 0.3 is 0 Å². The molecule has 0 bridgehead atoms. The lowest BCUT2D eigenvalue weighted by atomic mass is 10.1. The van der Waals surface area contributed by atoms with Crippen LogP contribution in [0.25, 0.3) is 0 Å². The third kappa shape index (κ3) is 3.35. The lowest BCUT2D eigenvalue weighted by molar-refractivity contribution is 0.348. The second kappa shape index (κ2) is 6.06. The molecular weight excluding hydrogens is 200 g/mol. The highest BCUT2D eigenvalue weighted by molar-refractivity contribution is 5.31. The Morgan fingerprint density at radius 3 is 2.38 bits per heavy atom. The fourth-order valence-corrected chi connectivity index (χ4v) is 1.74. The molecule has 3 nitrogen and oxygen atoms in total. The zero-order chi connectivity index (χ0) is 12.1. The van der Waals surface area contributed by atoms with Gasteiger partial charge in [-0.2, -0.15) is 0 Å². The van der Waals surface area contributed by atoms with Crippen LogP contribution in [-0.2, 0) is 6.54 Å². The highest BCUT2D eigenvalue weighted by Gasteiger charge is 2.09. The summed E-state index contributed by atoms with van der Waals surface area (Å²) >= 11 is 0. The van der Waals surface area contributed by atoms with Gasteiger partial charge in [0.15, 0.2) is 0 Å². The van der Waals surface area contributed by atoms with Crippen molar-refractivity contribution in [2.75, 3.05) is 26.7 Å². The van der Waals surface area contributed by atoms with E-state index in [1.165, 1.54) is 11.1 Å². The fraction of sp³-hybridized carbons (Fsp3) is 0.692. The molecule has 0 radical (unpaired) electrons. The van der Waals surface area contributed by atoms with Crippen molar-refractivity contribution in [3.05, 3.63) is 22.6 Å². The van der Waals surface area contributed by atoms with E-state index in [9.17, 15) is 0 Å². The molecule has 0 aliphatic rings. The van der Waals surface area contributed by atoms with Crippen LogP contribution < -0.4 is 5.32 Å². The molecule has 16 heavy (non-hydrogen) atoms. The van der Waals surface area contributed by atoms with Crippen molar-refractivity contribution >= 4 is 0 Å². The molecule has 0 aliphatic carbocycles. The van der Waals surface area contributed by atoms with E-state index >= 15 is 0 Å². The molecule has 1 heterocycles. The fourth-order valence-electron chi connectivity index (χ4n) is 1.74. The van der Waals surface area contributed by atoms with Gasteiger partial charge in [0.25, 0.3) is 0 Å². The Morgan fingerprint density at radius 1 is 1.19 bits per heavy atom. The number of aryl methyl sites for hydroxylation is 2. The Morgan fingerprint density at radius 2 is 1.88 bits per heavy atom. The van der Waals surface area contributed by atoms with E-state index in [1.807, 2.05) is 13.8 Å². The van der Waals surface area contributed by atoms with Crippen LogP contribution >= 0.6 is 0 Å². The smallest absolute Gasteiger partial charge is 0.105 e. The molecule has 0 unspecified atom stereocenters. The summed E-state index contributed by atoms with van der Waals surface area (Å²) in [5.41, 5.74) is 2.60. The molecule has 0 spiro atoms. The van der Waals surface area contributed by atoms with Crippen molar-refractivity contribution in [3.63, 3.8) is 0 Å². The molecule has 0 amide bonds. The van der Waals surface area contributed by atoms with Crippen LogP contribution in [0.3, 0.4) is 0 Å². The van der Waals surface area contributed by atoms with Crippen molar-refractivity contribution in [2.45, 2.75) is 34.2 Å². The molecule has 1 rings (SSSR count). The summed E-state index contributed by atoms with van der Waals surface area (Å²) in [6.45, 7) is 12.5. The van der Waals surface area contributed by atoms with Gasteiger partial charge in [-0.25, -0.2) is 0 Å². The standard InChI is InChI=1S/C13H24N2O/c1-6-15(5)8-7-14-9-13-10(2)11(3)16-12(13)4/h14H,6-9H2,1-5H3. The Bertz CT molecular complexity index is 331. The van der Waals surface area contributed by atoms with Crippen molar-refractivity contribution in [1.29, 1.82) is 0 Å². The summed E-state index contributed by atoms with van der Waals surface area (Å²) in [6, 6.07) is 0. The summed E-state index contributed by atoms with van der Waals surface area (Å²) in [4.78, 5) is 2.30. The van der Waals surface area contributed by atoms with Gasteiger partial charge in [0.2, 0.25) is 0 Å². The van der Waals surface area contributed by atoms with Crippen molar-refractivity contribution in [2.24, 2.45) is 0 Å². The zero-order valence-electron chi connectivity index (χ0n) is 11.2. The summed E-state index contributed by atoms with van der Waals surface area (Å²) in [5, 5.41) is 3.46. The van der Waals surface area contributed by atoms with E-state index in [2.05, 4.69) is 31.1 Å². The topological polar surface area (TPSA) is 28.4 Å². The maximum absolute atomic E-state index is 5.59. The maximum Gasteiger partial charge on any atom is 0.105 e. The molecule has 0 atom stereocenters. The molecule has 0 aliphatic heterocycles. The molecule has 0 saturated carbocycles. The molecular formula is C13H24N2O. The monoisotopic (exact) mass is 224 g/mol. The minimum Gasteiger partial charge on any atom is -0.466 e. The van der Waals surface area contributed by atoms with E-state index in [4.69, 9.17) is 4.42 Å². The third-order valence-corrected chi connectivity index (χ3v) is 3.22. The molecule has 92 valence electrons. The van der Waals surface area contributed by atoms with Crippen molar-refractivity contribution in [1.82, 2.24) is 10.2 Å². The number of nitrogens with zero attached hydrogens (tertiary/aromatic N) is 1. The summed E-state index contributed by atoms with van der Waals surface area (Å²) < 4.78 is 5.59. The van der Waals surface area contributed by atoms with Crippen LogP contribution in [0.5, 0.6) is 0 Å². The van der Waals surface area contributed by atoms with E-state index in [0.29, 0.717) is 0 Å². The molecule has 0 fully saturated rings. The van der Waals surface area contributed by atoms with Gasteiger partial charge in [-0.3, -0.25) is 0 Å². The van der Waals surface area contributed by atoms with E-state index in [-0.39, 0.29) is 0 Å². The maximum atomic E-state index is 5.59. The molecule has 1 aromatic heterocycles. The lowest BCUT2D eigenvalue weighted by Crippen LogP contribution is -2.28. The first-order chi connectivity index (χ1) is 7.56. The predicted molar refractivity (Wildman–Crippen MR) is 67.8 cm³/mol. The molecule has 0 saturated heterocycles. The van der Waals surface area contributed by atoms with Crippen LogP contribution in [0.2, 0.25) is 0 Å². The first-order valence-corrected chi connectivity index (χ1v) is 6.01. The molecule has 3 heteroatoms. The number of likely N-dealkylation sites (N-methyl/N-ethyl adjacent to an activating group) is 1. The summed E-state index contributed by atoms with van der Waals surface area (Å²) in [7, 11) is 2.14. The Kier molecular flexibility index (Phi) is 5.03. The van der Waals surface area contributed by atoms with Crippen molar-refractivity contribution < 1.29 is 4.42 Å². The number of hydrogen-bond acceptors (Lipinski definition) is 3. The number of nitrogens with one attached hydrogen (secondary N) is 1. The van der Waals surface area contributed by atoms with Crippen molar-refractivity contribution in [3.8, 4) is 0 Å². The second-order valence-corrected chi connectivity index (χ2v) is 4.39. The molecule has 0 aromatic carbocycles. The van der Waals surface area contributed by atoms with Gasteiger partial charge in [-0.05, 0) is 39.9 Å². The first kappa shape index (κ1) is 13.3. The molecule has 1 aromatic rings. The van der Waals surface area contributed by atoms with Crippen LogP contribution in [0.15, 0.2) is 4.42 Å². The van der Waals surface area contributed by atoms with Gasteiger partial charge in [-0.1, -0.05) is 6.92 Å². The summed E-state index contributed by atoms with van der Waals surface area (Å²) in [5.74, 6) is 2.09. The van der Waals surface area contributed by atoms with Crippen LogP contribution in [-0.4, -0.2) is 31.6 Å². The van der Waals surface area contributed by atoms with E-state index in [0.717, 1.165) is 37.7 Å². The average molecular weight is 224 g/mol. The highest BCUT2D eigenvalue weighted by Crippen LogP contribution is 2.20. The first-order valence-electron chi connectivity index (χ1n) is 6.01. The third-order valence-electron chi connectivity index (χ3n) is 3.22. The minimum atomic E-state index is 0.909. The molecule has 1 N–H and O–H groups in total. The highest BCUT2D eigenvalue weighted by atomic mass is 16.3. The summed E-state index contributed by atoms with van der Waals surface area (Å²) in [6.07, 6.45) is 0. The second-order valence-electron chi connectivity index (χ2n) is 4.39. The van der Waals surface area contributed by atoms with Gasteiger partial charge in [0.05, 0.1) is 0 Å². The van der Waals surface area contributed by atoms with Crippen LogP contribution in [0, 0.1) is 20.8 Å². The number of rotatable bonds is 6. The minimum absolute atomic E-state index is 0.909. The predicted octanol–water partition coefficient (Wildman–Crippen LogP) is 2.25.